The van der Waals surface area contributed by atoms with Crippen molar-refractivity contribution in [2.45, 2.75) is 63.9 Å². The number of benzene rings is 2. The van der Waals surface area contributed by atoms with Gasteiger partial charge >= 0.3 is 0 Å². The van der Waals surface area contributed by atoms with Crippen LogP contribution in [0.4, 0.5) is 5.69 Å². The molecule has 6 heteroatoms. The zero-order chi connectivity index (χ0) is 20.5. The minimum absolute atomic E-state index is 0.114. The molecule has 0 saturated carbocycles. The smallest absolute Gasteiger partial charge is 0.264 e. The van der Waals surface area contributed by atoms with Gasteiger partial charge in [0.15, 0.2) is 0 Å². The lowest BCUT2D eigenvalue weighted by molar-refractivity contribution is 0.0938. The van der Waals surface area contributed by atoms with Gasteiger partial charge in [0.25, 0.3) is 15.9 Å². The molecule has 1 aliphatic heterocycles. The van der Waals surface area contributed by atoms with E-state index in [1.54, 1.807) is 36.4 Å². The van der Waals surface area contributed by atoms with Crippen molar-refractivity contribution in [1.82, 2.24) is 5.32 Å². The molecule has 0 spiro atoms. The molecule has 28 heavy (non-hydrogen) atoms. The molecule has 5 nitrogen and oxygen atoms in total. The van der Waals surface area contributed by atoms with E-state index in [1.165, 1.54) is 4.31 Å². The molecule has 2 aromatic rings. The van der Waals surface area contributed by atoms with Gasteiger partial charge < -0.3 is 5.32 Å². The van der Waals surface area contributed by atoms with Crippen LogP contribution in [0.1, 0.15) is 55.1 Å². The number of aryl methyl sites for hydroxylation is 1. The average Bonchev–Trinajstić information content (AvgIpc) is 2.97. The number of nitrogens with zero attached hydrogens (tertiary/aromatic N) is 1. The van der Waals surface area contributed by atoms with Crippen LogP contribution >= 0.6 is 0 Å². The fourth-order valence-electron chi connectivity index (χ4n) is 3.75. The molecule has 0 radical (unpaired) electrons. The van der Waals surface area contributed by atoms with Gasteiger partial charge in [-0.3, -0.25) is 9.10 Å². The number of hydrogen-bond donors (Lipinski definition) is 1. The van der Waals surface area contributed by atoms with E-state index in [0.717, 1.165) is 24.0 Å². The van der Waals surface area contributed by atoms with Crippen LogP contribution < -0.4 is 9.62 Å². The first-order valence-electron chi connectivity index (χ1n) is 9.79. The van der Waals surface area contributed by atoms with E-state index in [4.69, 9.17) is 0 Å². The van der Waals surface area contributed by atoms with E-state index in [0.29, 0.717) is 17.7 Å². The highest BCUT2D eigenvalue weighted by Gasteiger charge is 2.36. The minimum Gasteiger partial charge on any atom is -0.350 e. The van der Waals surface area contributed by atoms with Crippen LogP contribution in [0.15, 0.2) is 47.4 Å². The molecule has 1 amide bonds. The summed E-state index contributed by atoms with van der Waals surface area (Å²) in [5.74, 6) is -0.115. The van der Waals surface area contributed by atoms with Gasteiger partial charge in [-0.2, -0.15) is 0 Å². The lowest BCUT2D eigenvalue weighted by atomic mass is 10.1. The first-order valence-corrected chi connectivity index (χ1v) is 11.2. The van der Waals surface area contributed by atoms with Crippen molar-refractivity contribution in [2.75, 3.05) is 4.31 Å². The van der Waals surface area contributed by atoms with Crippen molar-refractivity contribution in [3.05, 3.63) is 59.2 Å². The summed E-state index contributed by atoms with van der Waals surface area (Å²) in [5.41, 5.74) is 3.13. The van der Waals surface area contributed by atoms with Gasteiger partial charge in [-0.1, -0.05) is 31.0 Å². The van der Waals surface area contributed by atoms with Crippen LogP contribution in [-0.2, 0) is 16.4 Å². The van der Waals surface area contributed by atoms with Gasteiger partial charge in [0.1, 0.15) is 0 Å². The van der Waals surface area contributed by atoms with Crippen LogP contribution in [0.3, 0.4) is 0 Å². The van der Waals surface area contributed by atoms with Crippen LogP contribution in [0.2, 0.25) is 0 Å². The standard InChI is InChI=1S/C22H28N2O3S/c1-5-6-16(3)23-22(25)18-9-12-21-19(14-18)13-17(4)24(21)28(26,27)20-10-7-15(2)8-11-20/h7-12,14,16-17H,5-6,13H2,1-4H3,(H,23,25)/t16-,17-/m0/s1. The number of amides is 1. The Morgan fingerprint density at radius 3 is 2.54 bits per heavy atom. The SMILES string of the molecule is CCC[C@H](C)NC(=O)c1ccc2c(c1)C[C@H](C)N2S(=O)(=O)c1ccc(C)cc1. The maximum absolute atomic E-state index is 13.2. The molecule has 2 aromatic carbocycles. The summed E-state index contributed by atoms with van der Waals surface area (Å²) < 4.78 is 27.9. The molecule has 0 aliphatic carbocycles. The summed E-state index contributed by atoms with van der Waals surface area (Å²) in [4.78, 5) is 12.8. The van der Waals surface area contributed by atoms with Crippen molar-refractivity contribution in [1.29, 1.82) is 0 Å². The lowest BCUT2D eigenvalue weighted by Gasteiger charge is -2.24. The van der Waals surface area contributed by atoms with Gasteiger partial charge in [-0.25, -0.2) is 8.42 Å². The van der Waals surface area contributed by atoms with Crippen LogP contribution in [-0.4, -0.2) is 26.4 Å². The topological polar surface area (TPSA) is 66.5 Å². The van der Waals surface area contributed by atoms with Gasteiger partial charge in [-0.05, 0) is 69.5 Å². The highest BCUT2D eigenvalue weighted by atomic mass is 32.2. The molecule has 0 bridgehead atoms. The largest absolute Gasteiger partial charge is 0.350 e. The van der Waals surface area contributed by atoms with Crippen molar-refractivity contribution in [3.8, 4) is 0 Å². The molecule has 0 aromatic heterocycles. The Labute approximate surface area is 167 Å². The molecule has 3 rings (SSSR count). The second kappa shape index (κ2) is 7.95. The van der Waals surface area contributed by atoms with Crippen LogP contribution in [0.25, 0.3) is 0 Å². The van der Waals surface area contributed by atoms with Crippen molar-refractivity contribution >= 4 is 21.6 Å². The second-order valence-electron chi connectivity index (χ2n) is 7.67. The summed E-state index contributed by atoms with van der Waals surface area (Å²) in [7, 11) is -3.64. The molecule has 0 unspecified atom stereocenters. The monoisotopic (exact) mass is 400 g/mol. The Morgan fingerprint density at radius 2 is 1.89 bits per heavy atom. The molecule has 2 atom stereocenters. The van der Waals surface area contributed by atoms with Crippen LogP contribution in [0, 0.1) is 6.92 Å². The molecule has 150 valence electrons. The number of carbonyl (C=O) groups is 1. The molecule has 0 fully saturated rings. The van der Waals surface area contributed by atoms with Crippen molar-refractivity contribution in [3.63, 3.8) is 0 Å². The Hall–Kier alpha value is -2.34. The molecular weight excluding hydrogens is 372 g/mol. The molecule has 0 saturated heterocycles. The Morgan fingerprint density at radius 1 is 1.21 bits per heavy atom. The van der Waals surface area contributed by atoms with E-state index in [1.807, 2.05) is 26.8 Å². The predicted molar refractivity (Wildman–Crippen MR) is 112 cm³/mol. The van der Waals surface area contributed by atoms with Gasteiger partial charge in [-0.15, -0.1) is 0 Å². The zero-order valence-electron chi connectivity index (χ0n) is 16.9. The Bertz CT molecular complexity index is 968. The summed E-state index contributed by atoms with van der Waals surface area (Å²) in [6, 6.07) is 12.1. The second-order valence-corrected chi connectivity index (χ2v) is 9.49. The molecule has 1 N–H and O–H groups in total. The van der Waals surface area contributed by atoms with E-state index >= 15 is 0 Å². The fraction of sp³-hybridized carbons (Fsp3) is 0.409. The third-order valence-corrected chi connectivity index (χ3v) is 7.11. The number of sulfonamides is 1. The number of fused-ring (bicyclic) bond motifs is 1. The first kappa shape index (κ1) is 20.4. The molecule has 1 aliphatic rings. The number of anilines is 1. The highest BCUT2D eigenvalue weighted by Crippen LogP contribution is 2.37. The average molecular weight is 401 g/mol. The lowest BCUT2D eigenvalue weighted by Crippen LogP contribution is -2.35. The summed E-state index contributed by atoms with van der Waals surface area (Å²) in [6.45, 7) is 7.90. The van der Waals surface area contributed by atoms with Crippen molar-refractivity contribution in [2.24, 2.45) is 0 Å². The maximum atomic E-state index is 13.2. The predicted octanol–water partition coefficient (Wildman–Crippen LogP) is 4.05. The number of rotatable bonds is 6. The van der Waals surface area contributed by atoms with E-state index in [9.17, 15) is 13.2 Å². The molecular formula is C22H28N2O3S. The summed E-state index contributed by atoms with van der Waals surface area (Å²) in [5, 5.41) is 3.00. The first-order chi connectivity index (χ1) is 13.2. The maximum Gasteiger partial charge on any atom is 0.264 e. The van der Waals surface area contributed by atoms with Gasteiger partial charge in [0.2, 0.25) is 0 Å². The normalized spacial score (nSPS) is 17.3. The van der Waals surface area contributed by atoms with Crippen molar-refractivity contribution < 1.29 is 13.2 Å². The number of hydrogen-bond acceptors (Lipinski definition) is 3. The fourth-order valence-corrected chi connectivity index (χ4v) is 5.44. The van der Waals surface area contributed by atoms with Gasteiger partial charge in [0, 0.05) is 17.6 Å². The third-order valence-electron chi connectivity index (χ3n) is 5.17. The highest BCUT2D eigenvalue weighted by molar-refractivity contribution is 7.92. The quantitative estimate of drug-likeness (QED) is 0.795. The Kier molecular flexibility index (Phi) is 5.79. The number of carbonyl (C=O) groups excluding carboxylic acids is 1. The van der Waals surface area contributed by atoms with Gasteiger partial charge in [0.05, 0.1) is 10.6 Å². The van der Waals surface area contributed by atoms with E-state index < -0.39 is 10.0 Å². The molecule has 1 heterocycles. The summed E-state index contributed by atoms with van der Waals surface area (Å²) >= 11 is 0. The number of nitrogens with one attached hydrogen (secondary N) is 1. The third kappa shape index (κ3) is 3.92. The van der Waals surface area contributed by atoms with Crippen LogP contribution in [0.5, 0.6) is 0 Å². The zero-order valence-corrected chi connectivity index (χ0v) is 17.7. The Balaban J connectivity index is 1.90. The van der Waals surface area contributed by atoms with E-state index in [2.05, 4.69) is 12.2 Å². The summed E-state index contributed by atoms with van der Waals surface area (Å²) in [6.07, 6.45) is 2.53. The van der Waals surface area contributed by atoms with E-state index in [-0.39, 0.29) is 22.9 Å². The minimum atomic E-state index is -3.64.